The van der Waals surface area contributed by atoms with Gasteiger partial charge in [0.2, 0.25) is 17.7 Å². The van der Waals surface area contributed by atoms with Gasteiger partial charge in [-0.3, -0.25) is 14.4 Å². The number of nitrogens with zero attached hydrogens (tertiary/aromatic N) is 2. The van der Waals surface area contributed by atoms with Crippen molar-refractivity contribution >= 4 is 34.7 Å². The van der Waals surface area contributed by atoms with Gasteiger partial charge in [-0.1, -0.05) is 18.2 Å². The molecular weight excluding hydrogens is 386 g/mol. The average Bonchev–Trinajstić information content (AvgIpc) is 3.48. The first-order valence-electron chi connectivity index (χ1n) is 10.1. The van der Waals surface area contributed by atoms with E-state index in [1.807, 2.05) is 41.8 Å². The molecule has 2 aromatic rings. The molecule has 2 aliphatic rings. The topological polar surface area (TPSA) is 69.7 Å². The molecule has 6 nitrogen and oxygen atoms in total. The van der Waals surface area contributed by atoms with Crippen LogP contribution in [0.4, 0.5) is 5.69 Å². The fraction of sp³-hybridized carbons (Fsp3) is 0.409. The molecule has 0 radical (unpaired) electrons. The van der Waals surface area contributed by atoms with Crippen molar-refractivity contribution in [1.29, 1.82) is 0 Å². The highest BCUT2D eigenvalue weighted by molar-refractivity contribution is 7.10. The Kier molecular flexibility index (Phi) is 5.94. The zero-order valence-corrected chi connectivity index (χ0v) is 17.1. The molecule has 152 valence electrons. The normalized spacial score (nSPS) is 19.0. The summed E-state index contributed by atoms with van der Waals surface area (Å²) in [5.74, 6) is 0.0881. The van der Waals surface area contributed by atoms with Gasteiger partial charge in [0.05, 0.1) is 6.42 Å². The number of benzene rings is 1. The van der Waals surface area contributed by atoms with E-state index in [0.717, 1.165) is 35.5 Å². The Labute approximate surface area is 174 Å². The van der Waals surface area contributed by atoms with Crippen molar-refractivity contribution in [2.24, 2.45) is 0 Å². The van der Waals surface area contributed by atoms with Crippen molar-refractivity contribution < 1.29 is 14.4 Å². The summed E-state index contributed by atoms with van der Waals surface area (Å²) >= 11 is 1.56. The Morgan fingerprint density at radius 1 is 1.10 bits per heavy atom. The Morgan fingerprint density at radius 2 is 1.93 bits per heavy atom. The van der Waals surface area contributed by atoms with Crippen molar-refractivity contribution in [3.63, 3.8) is 0 Å². The third kappa shape index (κ3) is 4.50. The highest BCUT2D eigenvalue weighted by Crippen LogP contribution is 2.22. The first kappa shape index (κ1) is 19.6. The third-order valence-corrected chi connectivity index (χ3v) is 6.45. The summed E-state index contributed by atoms with van der Waals surface area (Å²) < 4.78 is 0. The van der Waals surface area contributed by atoms with Crippen LogP contribution in [0.3, 0.4) is 0 Å². The number of rotatable bonds is 6. The number of anilines is 1. The van der Waals surface area contributed by atoms with Crippen LogP contribution in [0.2, 0.25) is 0 Å². The lowest BCUT2D eigenvalue weighted by Gasteiger charge is -2.24. The Morgan fingerprint density at radius 3 is 2.62 bits per heavy atom. The van der Waals surface area contributed by atoms with E-state index in [1.54, 1.807) is 21.1 Å². The molecule has 0 saturated carbocycles. The summed E-state index contributed by atoms with van der Waals surface area (Å²) in [5.41, 5.74) is 1.88. The number of likely N-dealkylation sites (tertiary alicyclic amines) is 1. The molecule has 4 rings (SSSR count). The molecule has 3 amide bonds. The summed E-state index contributed by atoms with van der Waals surface area (Å²) in [6.45, 7) is 1.82. The van der Waals surface area contributed by atoms with Crippen molar-refractivity contribution in [2.75, 3.05) is 18.0 Å². The molecule has 2 saturated heterocycles. The van der Waals surface area contributed by atoms with Crippen molar-refractivity contribution in [3.8, 4) is 0 Å². The van der Waals surface area contributed by atoms with E-state index in [1.165, 1.54) is 0 Å². The number of carbonyl (C=O) groups excluding carboxylic acids is 3. The fourth-order valence-electron chi connectivity index (χ4n) is 4.02. The van der Waals surface area contributed by atoms with Gasteiger partial charge in [-0.15, -0.1) is 11.3 Å². The van der Waals surface area contributed by atoms with E-state index in [2.05, 4.69) is 5.32 Å². The minimum absolute atomic E-state index is 0.0183. The number of hydrogen-bond donors (Lipinski definition) is 1. The van der Waals surface area contributed by atoms with Gasteiger partial charge in [0.15, 0.2) is 0 Å². The van der Waals surface area contributed by atoms with Gasteiger partial charge in [-0.2, -0.15) is 0 Å². The van der Waals surface area contributed by atoms with Crippen LogP contribution in [0, 0.1) is 0 Å². The SMILES string of the molecule is O=C(NCc1ccc(N2CCCC2=O)cc1)C1CCCN1C(=O)Cc1cccs1. The maximum Gasteiger partial charge on any atom is 0.243 e. The van der Waals surface area contributed by atoms with Gasteiger partial charge in [-0.05, 0) is 48.4 Å². The molecule has 29 heavy (non-hydrogen) atoms. The summed E-state index contributed by atoms with van der Waals surface area (Å²) in [4.78, 5) is 41.7. The van der Waals surface area contributed by atoms with Gasteiger partial charge in [-0.25, -0.2) is 0 Å². The second-order valence-corrected chi connectivity index (χ2v) is 8.57. The minimum Gasteiger partial charge on any atom is -0.350 e. The molecule has 3 heterocycles. The maximum atomic E-state index is 12.7. The second-order valence-electron chi connectivity index (χ2n) is 7.53. The smallest absolute Gasteiger partial charge is 0.243 e. The molecule has 1 atom stereocenters. The fourth-order valence-corrected chi connectivity index (χ4v) is 4.72. The first-order chi connectivity index (χ1) is 14.1. The van der Waals surface area contributed by atoms with Crippen LogP contribution < -0.4 is 10.2 Å². The maximum absolute atomic E-state index is 12.7. The van der Waals surface area contributed by atoms with Crippen LogP contribution >= 0.6 is 11.3 Å². The van der Waals surface area contributed by atoms with Crippen LogP contribution in [0.1, 0.15) is 36.1 Å². The molecule has 1 aromatic heterocycles. The van der Waals surface area contributed by atoms with Crippen molar-refractivity contribution in [1.82, 2.24) is 10.2 Å². The van der Waals surface area contributed by atoms with Gasteiger partial charge < -0.3 is 15.1 Å². The summed E-state index contributed by atoms with van der Waals surface area (Å²) in [6, 6.07) is 11.2. The van der Waals surface area contributed by atoms with Gasteiger partial charge in [0.25, 0.3) is 0 Å². The van der Waals surface area contributed by atoms with E-state index >= 15 is 0 Å². The Hall–Kier alpha value is -2.67. The molecule has 0 bridgehead atoms. The van der Waals surface area contributed by atoms with Gasteiger partial charge >= 0.3 is 0 Å². The molecule has 1 N–H and O–H groups in total. The number of thiophene rings is 1. The monoisotopic (exact) mass is 411 g/mol. The summed E-state index contributed by atoms with van der Waals surface area (Å²) in [6.07, 6.45) is 3.43. The number of hydrogen-bond acceptors (Lipinski definition) is 4. The van der Waals surface area contributed by atoms with E-state index in [0.29, 0.717) is 32.4 Å². The largest absolute Gasteiger partial charge is 0.350 e. The average molecular weight is 412 g/mol. The standard InChI is InChI=1S/C22H25N3O3S/c26-20-6-2-11-24(20)17-9-7-16(8-10-17)15-23-22(28)19-5-1-12-25(19)21(27)14-18-4-3-13-29-18/h3-4,7-10,13,19H,1-2,5-6,11-12,14-15H2,(H,23,28). The first-order valence-corrected chi connectivity index (χ1v) is 11.0. The molecule has 1 unspecified atom stereocenters. The summed E-state index contributed by atoms with van der Waals surface area (Å²) in [5, 5.41) is 4.93. The zero-order valence-electron chi connectivity index (χ0n) is 16.3. The number of amides is 3. The molecule has 1 aromatic carbocycles. The van der Waals surface area contributed by atoms with E-state index in [9.17, 15) is 14.4 Å². The Balaban J connectivity index is 1.31. The van der Waals surface area contributed by atoms with Crippen LogP contribution in [-0.2, 0) is 27.3 Å². The van der Waals surface area contributed by atoms with E-state index < -0.39 is 0 Å². The van der Waals surface area contributed by atoms with Gasteiger partial charge in [0, 0.05) is 36.6 Å². The number of carbonyl (C=O) groups is 3. The second kappa shape index (κ2) is 8.78. The molecule has 0 spiro atoms. The third-order valence-electron chi connectivity index (χ3n) is 5.57. The predicted molar refractivity (Wildman–Crippen MR) is 113 cm³/mol. The van der Waals surface area contributed by atoms with Crippen LogP contribution in [-0.4, -0.2) is 41.8 Å². The molecular formula is C22H25N3O3S. The van der Waals surface area contributed by atoms with Crippen LogP contribution in [0.5, 0.6) is 0 Å². The molecule has 7 heteroatoms. The highest BCUT2D eigenvalue weighted by atomic mass is 32.1. The number of nitrogens with one attached hydrogen (secondary N) is 1. The lowest BCUT2D eigenvalue weighted by molar-refractivity contribution is -0.138. The zero-order chi connectivity index (χ0) is 20.2. The minimum atomic E-state index is -0.385. The quantitative estimate of drug-likeness (QED) is 0.795. The lowest BCUT2D eigenvalue weighted by atomic mass is 10.1. The van der Waals surface area contributed by atoms with Crippen LogP contribution in [0.25, 0.3) is 0 Å². The molecule has 0 aliphatic carbocycles. The van der Waals surface area contributed by atoms with Crippen molar-refractivity contribution in [3.05, 3.63) is 52.2 Å². The van der Waals surface area contributed by atoms with Gasteiger partial charge in [0.1, 0.15) is 6.04 Å². The van der Waals surface area contributed by atoms with E-state index in [-0.39, 0.29) is 23.8 Å². The molecule has 2 aliphatic heterocycles. The summed E-state index contributed by atoms with van der Waals surface area (Å²) in [7, 11) is 0. The van der Waals surface area contributed by atoms with Crippen LogP contribution in [0.15, 0.2) is 41.8 Å². The molecule has 2 fully saturated rings. The predicted octanol–water partition coefficient (Wildman–Crippen LogP) is 2.72. The van der Waals surface area contributed by atoms with E-state index in [4.69, 9.17) is 0 Å². The highest BCUT2D eigenvalue weighted by Gasteiger charge is 2.33. The lowest BCUT2D eigenvalue weighted by Crippen LogP contribution is -2.46. The Bertz CT molecular complexity index is 879. The van der Waals surface area contributed by atoms with Crippen molar-refractivity contribution in [2.45, 2.75) is 44.7 Å².